The summed E-state index contributed by atoms with van der Waals surface area (Å²) in [7, 11) is 2.15. The molecule has 11 rings (SSSR count). The van der Waals surface area contributed by atoms with E-state index in [1.165, 1.54) is 19.3 Å². The molecule has 1 aromatic carbocycles. The molecule has 250 valence electrons. The number of carbonyl (C=O) groups is 1. The predicted octanol–water partition coefficient (Wildman–Crippen LogP) is 7.20. The van der Waals surface area contributed by atoms with Crippen molar-refractivity contribution < 1.29 is 23.4 Å². The fraction of sp³-hybridized carbons (Fsp3) is 0.553. The highest BCUT2D eigenvalue weighted by Gasteiger charge is 2.51. The highest BCUT2D eigenvalue weighted by molar-refractivity contribution is 6.07. The van der Waals surface area contributed by atoms with E-state index in [0.29, 0.717) is 47.9 Å². The van der Waals surface area contributed by atoms with E-state index < -0.39 is 5.82 Å². The number of benzene rings is 1. The van der Waals surface area contributed by atoms with Crippen LogP contribution in [-0.4, -0.2) is 75.4 Å². The van der Waals surface area contributed by atoms with Crippen molar-refractivity contribution in [3.05, 3.63) is 47.5 Å². The number of likely N-dealkylation sites (tertiary alicyclic amines) is 1. The van der Waals surface area contributed by atoms with Gasteiger partial charge in [0.1, 0.15) is 29.7 Å². The molecule has 1 amide bonds. The zero-order valence-electron chi connectivity index (χ0n) is 27.7. The summed E-state index contributed by atoms with van der Waals surface area (Å²) in [4.78, 5) is 27.2. The molecule has 9 nitrogen and oxygen atoms in total. The number of rotatable bonds is 6. The lowest BCUT2D eigenvalue weighted by atomic mass is 9.78. The fourth-order valence-electron chi connectivity index (χ4n) is 10.3. The first-order chi connectivity index (χ1) is 23.5. The molecule has 7 atom stereocenters. The quantitative estimate of drug-likeness (QED) is 0.218. The van der Waals surface area contributed by atoms with Gasteiger partial charge in [-0.3, -0.25) is 14.8 Å². The summed E-state index contributed by atoms with van der Waals surface area (Å²) in [5, 5.41) is 1.56. The normalized spacial score (nSPS) is 30.0. The molecular weight excluding hydrogens is 609 g/mol. The van der Waals surface area contributed by atoms with E-state index in [-0.39, 0.29) is 41.5 Å². The van der Waals surface area contributed by atoms with Gasteiger partial charge in [0, 0.05) is 34.9 Å². The molecule has 6 fully saturated rings. The average Bonchev–Trinajstić information content (AvgIpc) is 3.94. The summed E-state index contributed by atoms with van der Waals surface area (Å²) < 4.78 is 38.1. The van der Waals surface area contributed by atoms with Crippen molar-refractivity contribution in [2.75, 3.05) is 26.8 Å². The van der Waals surface area contributed by atoms with Gasteiger partial charge >= 0.3 is 6.09 Å². The van der Waals surface area contributed by atoms with Gasteiger partial charge in [-0.15, -0.1) is 0 Å². The number of hydrogen-bond donors (Lipinski definition) is 0. The molecule has 3 aliphatic carbocycles. The second-order valence-corrected chi connectivity index (χ2v) is 15.1. The Morgan fingerprint density at radius 1 is 1.06 bits per heavy atom. The molecule has 48 heavy (non-hydrogen) atoms. The number of amides is 1. The molecule has 3 aromatic heterocycles. The van der Waals surface area contributed by atoms with Crippen LogP contribution in [0.3, 0.4) is 0 Å². The van der Waals surface area contributed by atoms with Crippen molar-refractivity contribution in [3.63, 3.8) is 0 Å². The molecule has 0 radical (unpaired) electrons. The molecule has 4 aliphatic heterocycles. The first kappa shape index (κ1) is 29.0. The summed E-state index contributed by atoms with van der Waals surface area (Å²) in [5.74, 6) is 1.85. The number of nitrogens with zero attached hydrogens (tertiary/aromatic N) is 5. The molecule has 1 unspecified atom stereocenters. The third kappa shape index (κ3) is 4.13. The summed E-state index contributed by atoms with van der Waals surface area (Å²) in [5.41, 5.74) is 4.28. The number of carbonyl (C=O) groups excluding carboxylic acids is 1. The van der Waals surface area contributed by atoms with Gasteiger partial charge in [0.15, 0.2) is 5.82 Å². The minimum atomic E-state index is -0.456. The van der Waals surface area contributed by atoms with Gasteiger partial charge in [-0.2, -0.15) is 0 Å². The Morgan fingerprint density at radius 2 is 1.94 bits per heavy atom. The molecule has 3 saturated carbocycles. The molecule has 2 bridgehead atoms. The number of aryl methyl sites for hydroxylation is 1. The monoisotopic (exact) mass is 651 g/mol. The Morgan fingerprint density at radius 3 is 2.75 bits per heavy atom. The number of ether oxygens (including phenoxy) is 3. The largest absolute Gasteiger partial charge is 0.493 e. The van der Waals surface area contributed by atoms with Gasteiger partial charge in [-0.1, -0.05) is 12.1 Å². The maximum Gasteiger partial charge on any atom is 0.410 e. The van der Waals surface area contributed by atoms with Crippen molar-refractivity contribution >= 4 is 27.9 Å². The first-order valence-electron chi connectivity index (χ1n) is 18.1. The van der Waals surface area contributed by atoms with Gasteiger partial charge in [-0.25, -0.2) is 14.2 Å². The van der Waals surface area contributed by atoms with Crippen LogP contribution in [0.15, 0.2) is 30.5 Å². The number of aromatic nitrogens is 3. The van der Waals surface area contributed by atoms with Crippen LogP contribution >= 0.6 is 0 Å². The number of halogens is 1. The second kappa shape index (κ2) is 10.8. The van der Waals surface area contributed by atoms with Gasteiger partial charge in [0.25, 0.3) is 0 Å². The minimum absolute atomic E-state index is 0.0938. The van der Waals surface area contributed by atoms with E-state index in [4.69, 9.17) is 24.2 Å². The van der Waals surface area contributed by atoms with Gasteiger partial charge in [0.2, 0.25) is 5.88 Å². The Balaban J connectivity index is 1.21. The summed E-state index contributed by atoms with van der Waals surface area (Å²) in [6.45, 7) is 4.19. The second-order valence-electron chi connectivity index (χ2n) is 15.1. The average molecular weight is 652 g/mol. The topological polar surface area (TPSA) is 81.9 Å². The molecule has 3 saturated heterocycles. The highest BCUT2D eigenvalue weighted by atomic mass is 19.1. The van der Waals surface area contributed by atoms with E-state index in [0.717, 1.165) is 73.0 Å². The molecular formula is C38H42FN5O4. The zero-order valence-corrected chi connectivity index (χ0v) is 27.7. The molecule has 4 aromatic rings. The van der Waals surface area contributed by atoms with Crippen LogP contribution in [0.25, 0.3) is 33.1 Å². The number of pyridine rings is 2. The highest BCUT2D eigenvalue weighted by Crippen LogP contribution is 2.59. The van der Waals surface area contributed by atoms with Crippen LogP contribution in [0.4, 0.5) is 9.18 Å². The van der Waals surface area contributed by atoms with Gasteiger partial charge < -0.3 is 18.8 Å². The van der Waals surface area contributed by atoms with E-state index in [2.05, 4.69) is 35.6 Å². The van der Waals surface area contributed by atoms with Crippen molar-refractivity contribution in [3.8, 4) is 22.9 Å². The zero-order chi connectivity index (χ0) is 32.3. The van der Waals surface area contributed by atoms with E-state index >= 15 is 4.39 Å². The smallest absolute Gasteiger partial charge is 0.410 e. The summed E-state index contributed by atoms with van der Waals surface area (Å²) >= 11 is 0. The summed E-state index contributed by atoms with van der Waals surface area (Å²) in [6.07, 6.45) is 10.8. The number of likely N-dealkylation sites (N-methyl/N-ethyl adjacent to an activating group) is 1. The van der Waals surface area contributed by atoms with E-state index in [1.807, 2.05) is 23.2 Å². The third-order valence-electron chi connectivity index (χ3n) is 12.6. The van der Waals surface area contributed by atoms with Gasteiger partial charge in [-0.05, 0) is 108 Å². The number of cyclic esters (lactones) is 1. The fourth-order valence-corrected chi connectivity index (χ4v) is 10.3. The Kier molecular flexibility index (Phi) is 6.53. The molecule has 0 spiro atoms. The minimum Gasteiger partial charge on any atom is -0.493 e. The van der Waals surface area contributed by atoms with E-state index in [1.54, 1.807) is 0 Å². The van der Waals surface area contributed by atoms with Crippen molar-refractivity contribution in [2.45, 2.75) is 95.0 Å². The molecule has 7 aliphatic rings. The van der Waals surface area contributed by atoms with Crippen molar-refractivity contribution in [1.82, 2.24) is 24.3 Å². The van der Waals surface area contributed by atoms with Gasteiger partial charge in [0.05, 0.1) is 29.6 Å². The number of para-hydroxylation sites is 1. The number of fused-ring (bicyclic) bond motifs is 6. The summed E-state index contributed by atoms with van der Waals surface area (Å²) in [6, 6.07) is 8.64. The Bertz CT molecular complexity index is 1960. The molecule has 0 N–H and O–H groups in total. The van der Waals surface area contributed by atoms with Crippen LogP contribution in [-0.2, 0) is 11.2 Å². The van der Waals surface area contributed by atoms with Crippen LogP contribution in [0, 0.1) is 17.7 Å². The molecule has 10 heteroatoms. The Hall–Kier alpha value is -3.92. The third-order valence-corrected chi connectivity index (χ3v) is 12.6. The van der Waals surface area contributed by atoms with E-state index in [9.17, 15) is 4.79 Å². The lowest BCUT2D eigenvalue weighted by molar-refractivity contribution is 0.119. The van der Waals surface area contributed by atoms with Crippen molar-refractivity contribution in [2.24, 2.45) is 11.8 Å². The van der Waals surface area contributed by atoms with Crippen molar-refractivity contribution in [1.29, 1.82) is 0 Å². The lowest BCUT2D eigenvalue weighted by Crippen LogP contribution is -2.38. The maximum atomic E-state index is 17.1. The first-order valence-corrected chi connectivity index (χ1v) is 18.1. The lowest BCUT2D eigenvalue weighted by Gasteiger charge is -2.40. The number of hydrogen-bond acceptors (Lipinski definition) is 7. The van der Waals surface area contributed by atoms with Crippen LogP contribution in [0.2, 0.25) is 0 Å². The standard InChI is InChI=1S/C38H42FN5O4/c1-20(28-9-4-14-42(28)2)48-37-26-17-30(29-13-12-24-19-47-38(45)43(24)29)44(34-22-10-11-23(34)16-22)35(26)27-18-40-32(31(39)33(27)41-37)25-8-3-6-21-7-5-15-46-36(21)25/h3,6,8,17-18,20,22-24,28-29,34H,4-5,7,9-16,19H2,1-2H3/t20-,22-,23+,24-,28-,29?,34-/m0/s1. The molecule has 7 heterocycles. The van der Waals surface area contributed by atoms with Crippen LogP contribution in [0.5, 0.6) is 11.6 Å². The SMILES string of the molecule is C[C@H](Oc1nc2c(F)c(-c3cccc4c3OCCC4)ncc2c2c1cc(C1CC[C@H]3COC(=O)N13)n2[C@@H]1[C@@H]2CC[C@H]1C2)[C@@H]1CCCN1C. The predicted molar refractivity (Wildman–Crippen MR) is 179 cm³/mol. The van der Waals surface area contributed by atoms with Crippen LogP contribution < -0.4 is 9.47 Å². The van der Waals surface area contributed by atoms with Crippen LogP contribution in [0.1, 0.15) is 81.6 Å². The maximum absolute atomic E-state index is 17.1. The Labute approximate surface area is 279 Å².